The number of aromatic hydroxyl groups is 2. The molecule has 0 heterocycles. The Labute approximate surface area is 238 Å². The summed E-state index contributed by atoms with van der Waals surface area (Å²) in [6.07, 6.45) is 14.7. The summed E-state index contributed by atoms with van der Waals surface area (Å²) in [6.45, 7) is 0.709. The molecule has 0 aromatic heterocycles. The Bertz CT molecular complexity index is 1030. The van der Waals surface area contributed by atoms with Gasteiger partial charge in [-0.05, 0) is 82.5 Å². The summed E-state index contributed by atoms with van der Waals surface area (Å²) in [5.41, 5.74) is 9.90. The van der Waals surface area contributed by atoms with Gasteiger partial charge in [0.15, 0.2) is 0 Å². The Hall–Kier alpha value is -1.69. The molecule has 3 nitrogen and oxygen atoms in total. The average molecular weight is 610 g/mol. The minimum atomic E-state index is -0.755. The fourth-order valence-corrected chi connectivity index (χ4v) is 10.5. The molecule has 3 aromatic carbocycles. The van der Waals surface area contributed by atoms with Crippen LogP contribution in [0.3, 0.4) is 0 Å². The Morgan fingerprint density at radius 1 is 0.730 bits per heavy atom. The number of hydrogen-bond acceptors (Lipinski definition) is 3. The maximum atomic E-state index is 10.5. The van der Waals surface area contributed by atoms with Crippen LogP contribution in [0.2, 0.25) is 0 Å². The van der Waals surface area contributed by atoms with Gasteiger partial charge in [0.2, 0.25) is 0 Å². The summed E-state index contributed by atoms with van der Waals surface area (Å²) in [5, 5.41) is 22.5. The normalized spacial score (nSPS) is 16.5. The monoisotopic (exact) mass is 609 g/mol. The largest absolute Gasteiger partial charge is 0.507 e. The minimum absolute atomic E-state index is 0. The van der Waals surface area contributed by atoms with Gasteiger partial charge in [0, 0.05) is 33.9 Å². The van der Waals surface area contributed by atoms with Crippen LogP contribution in [-0.2, 0) is 26.8 Å². The first-order valence-corrected chi connectivity index (χ1v) is 15.5. The van der Waals surface area contributed by atoms with Crippen molar-refractivity contribution in [3.8, 4) is 22.6 Å². The van der Waals surface area contributed by atoms with Crippen LogP contribution in [0.15, 0.2) is 66.7 Å². The molecule has 37 heavy (non-hydrogen) atoms. The van der Waals surface area contributed by atoms with Crippen molar-refractivity contribution in [1.29, 1.82) is 0 Å². The molecule has 2 fully saturated rings. The van der Waals surface area contributed by atoms with Crippen LogP contribution >= 0.6 is 7.92 Å². The SMILES string of the molecule is NCCc1[c-]cccc1.Oc1cccc(O)c1-c1ccccc1[PH+](C1CCCCC1)C1CCCCC1.[Pd]. The molecule has 2 aliphatic rings. The summed E-state index contributed by atoms with van der Waals surface area (Å²) >= 11 is 0. The second-order valence-corrected chi connectivity index (χ2v) is 13.4. The maximum absolute atomic E-state index is 10.5. The summed E-state index contributed by atoms with van der Waals surface area (Å²) < 4.78 is 0. The number of phenols is 2. The van der Waals surface area contributed by atoms with E-state index in [0.29, 0.717) is 12.1 Å². The van der Waals surface area contributed by atoms with Crippen LogP contribution in [0.1, 0.15) is 69.8 Å². The number of hydrogen-bond donors (Lipinski definition) is 3. The van der Waals surface area contributed by atoms with Crippen molar-refractivity contribution >= 4 is 13.2 Å². The van der Waals surface area contributed by atoms with Gasteiger partial charge in [-0.25, -0.2) is 0 Å². The van der Waals surface area contributed by atoms with Gasteiger partial charge < -0.3 is 15.9 Å². The van der Waals surface area contributed by atoms with E-state index in [1.165, 1.54) is 75.1 Å². The third-order valence-corrected chi connectivity index (χ3v) is 11.8. The van der Waals surface area contributed by atoms with Gasteiger partial charge in [0.05, 0.1) is 16.9 Å². The van der Waals surface area contributed by atoms with E-state index in [1.807, 2.05) is 30.3 Å². The average Bonchev–Trinajstić information content (AvgIpc) is 2.92. The minimum Gasteiger partial charge on any atom is -0.507 e. The molecule has 2 saturated carbocycles. The van der Waals surface area contributed by atoms with Gasteiger partial charge in [0.1, 0.15) is 16.8 Å². The van der Waals surface area contributed by atoms with E-state index in [9.17, 15) is 10.2 Å². The number of nitrogens with two attached hydrogens (primary N) is 1. The zero-order valence-electron chi connectivity index (χ0n) is 21.8. The third-order valence-electron chi connectivity index (χ3n) is 7.81. The van der Waals surface area contributed by atoms with Gasteiger partial charge in [0.25, 0.3) is 0 Å². The van der Waals surface area contributed by atoms with Crippen LogP contribution in [-0.4, -0.2) is 28.1 Å². The first-order valence-electron chi connectivity index (χ1n) is 13.8. The molecule has 0 atom stereocenters. The van der Waals surface area contributed by atoms with Crippen molar-refractivity contribution in [2.24, 2.45) is 5.73 Å². The summed E-state index contributed by atoms with van der Waals surface area (Å²) in [5.74, 6) is 0.382. The van der Waals surface area contributed by atoms with E-state index in [0.717, 1.165) is 23.3 Å². The van der Waals surface area contributed by atoms with Crippen molar-refractivity contribution in [2.75, 3.05) is 6.54 Å². The van der Waals surface area contributed by atoms with Crippen LogP contribution in [0.4, 0.5) is 0 Å². The zero-order valence-corrected chi connectivity index (χ0v) is 24.3. The number of rotatable bonds is 6. The molecule has 2 aliphatic carbocycles. The van der Waals surface area contributed by atoms with Crippen molar-refractivity contribution in [1.82, 2.24) is 0 Å². The number of phenolic OH excluding ortho intramolecular Hbond substituents is 2. The first-order chi connectivity index (χ1) is 17.7. The molecule has 0 bridgehead atoms. The molecule has 0 amide bonds. The Balaban J connectivity index is 0.000000324. The Kier molecular flexibility index (Phi) is 12.6. The summed E-state index contributed by atoms with van der Waals surface area (Å²) in [6, 6.07) is 24.7. The fraction of sp³-hybridized carbons (Fsp3) is 0.438. The maximum Gasteiger partial charge on any atom is 0.127 e. The molecular weight excluding hydrogens is 568 g/mol. The van der Waals surface area contributed by atoms with Crippen LogP contribution in [0.5, 0.6) is 11.5 Å². The van der Waals surface area contributed by atoms with E-state index in [1.54, 1.807) is 18.2 Å². The summed E-state index contributed by atoms with van der Waals surface area (Å²) in [4.78, 5) is 0. The second-order valence-electron chi connectivity index (χ2n) is 10.3. The van der Waals surface area contributed by atoms with Crippen molar-refractivity contribution < 1.29 is 30.6 Å². The topological polar surface area (TPSA) is 66.5 Å². The predicted octanol–water partition coefficient (Wildman–Crippen LogP) is 7.26. The van der Waals surface area contributed by atoms with E-state index < -0.39 is 7.92 Å². The predicted molar refractivity (Wildman–Crippen MR) is 155 cm³/mol. The zero-order chi connectivity index (χ0) is 25.2. The van der Waals surface area contributed by atoms with Crippen LogP contribution in [0, 0.1) is 6.07 Å². The Morgan fingerprint density at radius 3 is 1.84 bits per heavy atom. The molecule has 5 heteroatoms. The fourth-order valence-electron chi connectivity index (χ4n) is 6.10. The molecule has 0 saturated heterocycles. The van der Waals surface area contributed by atoms with E-state index in [4.69, 9.17) is 5.73 Å². The van der Waals surface area contributed by atoms with Gasteiger partial charge in [-0.3, -0.25) is 0 Å². The smallest absolute Gasteiger partial charge is 0.127 e. The molecule has 3 aromatic rings. The Morgan fingerprint density at radius 2 is 1.30 bits per heavy atom. The van der Waals surface area contributed by atoms with Gasteiger partial charge in [-0.15, -0.1) is 0 Å². The third kappa shape index (κ3) is 8.15. The molecule has 0 spiro atoms. The molecule has 5 rings (SSSR count). The van der Waals surface area contributed by atoms with E-state index in [2.05, 4.69) is 24.3 Å². The van der Waals surface area contributed by atoms with Gasteiger partial charge >= 0.3 is 0 Å². The van der Waals surface area contributed by atoms with Gasteiger partial charge in [-0.2, -0.15) is 35.9 Å². The molecule has 0 unspecified atom stereocenters. The van der Waals surface area contributed by atoms with Crippen LogP contribution in [0.25, 0.3) is 11.1 Å². The molecule has 0 radical (unpaired) electrons. The molecule has 0 aliphatic heterocycles. The summed E-state index contributed by atoms with van der Waals surface area (Å²) in [7, 11) is -0.755. The van der Waals surface area contributed by atoms with Crippen molar-refractivity contribution in [3.63, 3.8) is 0 Å². The standard InChI is InChI=1S/C24H31O2P.C8H10N.Pd/c25-21-15-9-16-22(26)24(21)20-14-7-8-17-23(20)27(18-10-3-1-4-11-18)19-12-5-2-6-13-19;9-7-6-8-4-2-1-3-5-8;/h7-9,14-19,25-26H,1-6,10-13H2;1-4H,6-7,9H2;/q;-1;/p+1. The molecular formula is C32H42NO2PPd. The molecule has 4 N–H and O–H groups in total. The first kappa shape index (κ1) is 29.9. The van der Waals surface area contributed by atoms with Crippen molar-refractivity contribution in [2.45, 2.75) is 81.9 Å². The number of benzene rings is 3. The second kappa shape index (κ2) is 15.7. The van der Waals surface area contributed by atoms with Crippen molar-refractivity contribution in [3.05, 3.63) is 78.4 Å². The van der Waals surface area contributed by atoms with Crippen LogP contribution < -0.4 is 11.0 Å². The van der Waals surface area contributed by atoms with Gasteiger partial charge in [-0.1, -0.05) is 37.1 Å². The van der Waals surface area contributed by atoms with E-state index >= 15 is 0 Å². The van der Waals surface area contributed by atoms with E-state index in [-0.39, 0.29) is 31.9 Å². The molecule has 202 valence electrons. The quantitative estimate of drug-likeness (QED) is 0.157.